The number of hydrogen-bond acceptors (Lipinski definition) is 4. The largest absolute Gasteiger partial charge is 0.338 e. The number of benzene rings is 1. The summed E-state index contributed by atoms with van der Waals surface area (Å²) >= 11 is 0. The Bertz CT molecular complexity index is 640. The number of likely N-dealkylation sites (tertiary alicyclic amines) is 1. The zero-order valence-electron chi connectivity index (χ0n) is 13.9. The van der Waals surface area contributed by atoms with Crippen molar-refractivity contribution in [2.24, 2.45) is 11.7 Å². The average Bonchev–Trinajstić information content (AvgIpc) is 2.53. The number of nitrogens with two attached hydrogens (primary N) is 1. The highest BCUT2D eigenvalue weighted by molar-refractivity contribution is 7.91. The topological polar surface area (TPSA) is 80.5 Å². The molecule has 1 saturated heterocycles. The van der Waals surface area contributed by atoms with E-state index in [1.54, 1.807) is 29.2 Å². The molecule has 2 N–H and O–H groups in total. The van der Waals surface area contributed by atoms with Gasteiger partial charge in [0.15, 0.2) is 9.84 Å². The molecule has 0 saturated carbocycles. The van der Waals surface area contributed by atoms with E-state index >= 15 is 0 Å². The lowest BCUT2D eigenvalue weighted by atomic mass is 9.92. The summed E-state index contributed by atoms with van der Waals surface area (Å²) in [5, 5.41) is 0. The van der Waals surface area contributed by atoms with Gasteiger partial charge in [0, 0.05) is 25.6 Å². The molecule has 1 aromatic rings. The van der Waals surface area contributed by atoms with Gasteiger partial charge in [0.1, 0.15) is 0 Å². The van der Waals surface area contributed by atoms with Crippen molar-refractivity contribution in [2.45, 2.75) is 44.0 Å². The molecule has 1 heterocycles. The van der Waals surface area contributed by atoms with Crippen LogP contribution in [0.5, 0.6) is 0 Å². The SMILES string of the molecule is Cc1ccc(S(=O)(=O)CCC(=O)N2CCC(C)CC2CN)cc1. The molecule has 5 nitrogen and oxygen atoms in total. The zero-order valence-corrected chi connectivity index (χ0v) is 14.7. The third-order valence-electron chi connectivity index (χ3n) is 4.54. The van der Waals surface area contributed by atoms with Crippen LogP contribution in [-0.4, -0.2) is 44.1 Å². The minimum Gasteiger partial charge on any atom is -0.338 e. The Morgan fingerprint density at radius 1 is 1.30 bits per heavy atom. The third-order valence-corrected chi connectivity index (χ3v) is 6.27. The van der Waals surface area contributed by atoms with E-state index < -0.39 is 9.84 Å². The van der Waals surface area contributed by atoms with Crippen LogP contribution in [0.15, 0.2) is 29.2 Å². The Morgan fingerprint density at radius 3 is 2.57 bits per heavy atom. The number of aryl methyl sites for hydroxylation is 1. The van der Waals surface area contributed by atoms with Gasteiger partial charge in [0.25, 0.3) is 0 Å². The van der Waals surface area contributed by atoms with Gasteiger partial charge in [-0.15, -0.1) is 0 Å². The fourth-order valence-corrected chi connectivity index (χ4v) is 4.26. The first-order valence-electron chi connectivity index (χ1n) is 8.12. The van der Waals surface area contributed by atoms with Gasteiger partial charge in [-0.25, -0.2) is 8.42 Å². The lowest BCUT2D eigenvalue weighted by Crippen LogP contribution is -2.49. The summed E-state index contributed by atoms with van der Waals surface area (Å²) in [6.45, 7) is 5.17. The van der Waals surface area contributed by atoms with Crippen LogP contribution in [0, 0.1) is 12.8 Å². The highest BCUT2D eigenvalue weighted by Crippen LogP contribution is 2.23. The van der Waals surface area contributed by atoms with Crippen molar-refractivity contribution in [1.82, 2.24) is 4.90 Å². The fourth-order valence-electron chi connectivity index (χ4n) is 3.03. The first-order valence-corrected chi connectivity index (χ1v) is 9.77. The molecule has 2 atom stereocenters. The molecule has 1 amide bonds. The molecule has 0 aromatic heterocycles. The maximum absolute atomic E-state index is 12.4. The van der Waals surface area contributed by atoms with Crippen LogP contribution in [0.3, 0.4) is 0 Å². The number of carbonyl (C=O) groups excluding carboxylic acids is 1. The van der Waals surface area contributed by atoms with Crippen molar-refractivity contribution in [3.05, 3.63) is 29.8 Å². The van der Waals surface area contributed by atoms with Crippen LogP contribution in [0.2, 0.25) is 0 Å². The van der Waals surface area contributed by atoms with Crippen molar-refractivity contribution in [3.8, 4) is 0 Å². The summed E-state index contributed by atoms with van der Waals surface area (Å²) in [6, 6.07) is 6.77. The summed E-state index contributed by atoms with van der Waals surface area (Å²) in [5.41, 5.74) is 6.78. The van der Waals surface area contributed by atoms with Gasteiger partial charge in [-0.05, 0) is 37.8 Å². The van der Waals surface area contributed by atoms with E-state index in [1.165, 1.54) is 0 Å². The van der Waals surface area contributed by atoms with Crippen LogP contribution in [0.4, 0.5) is 0 Å². The van der Waals surface area contributed by atoms with Gasteiger partial charge in [-0.2, -0.15) is 0 Å². The van der Waals surface area contributed by atoms with E-state index in [4.69, 9.17) is 5.73 Å². The Hall–Kier alpha value is -1.40. The molecule has 1 aliphatic rings. The Kier molecular flexibility index (Phi) is 5.81. The number of amides is 1. The Labute approximate surface area is 138 Å². The lowest BCUT2D eigenvalue weighted by molar-refractivity contribution is -0.134. The molecule has 1 aliphatic heterocycles. The second kappa shape index (κ2) is 7.45. The van der Waals surface area contributed by atoms with Gasteiger partial charge < -0.3 is 10.6 Å². The molecule has 6 heteroatoms. The molecule has 1 aromatic carbocycles. The summed E-state index contributed by atoms with van der Waals surface area (Å²) in [6.07, 6.45) is 1.86. The van der Waals surface area contributed by atoms with Crippen molar-refractivity contribution in [3.63, 3.8) is 0 Å². The fraction of sp³-hybridized carbons (Fsp3) is 0.588. The van der Waals surface area contributed by atoms with Crippen LogP contribution in [0.1, 0.15) is 31.7 Å². The van der Waals surface area contributed by atoms with Crippen molar-refractivity contribution in [1.29, 1.82) is 0 Å². The molecule has 1 fully saturated rings. The maximum atomic E-state index is 12.4. The Balaban J connectivity index is 1.99. The number of nitrogens with zero attached hydrogens (tertiary/aromatic N) is 1. The van der Waals surface area contributed by atoms with E-state index in [0.29, 0.717) is 19.0 Å². The minimum absolute atomic E-state index is 0.0150. The van der Waals surface area contributed by atoms with Gasteiger partial charge in [-0.3, -0.25) is 4.79 Å². The number of piperidine rings is 1. The number of carbonyl (C=O) groups is 1. The van der Waals surface area contributed by atoms with Crippen molar-refractivity contribution >= 4 is 15.7 Å². The van der Waals surface area contributed by atoms with Gasteiger partial charge >= 0.3 is 0 Å². The average molecular weight is 338 g/mol. The van der Waals surface area contributed by atoms with Crippen molar-refractivity contribution < 1.29 is 13.2 Å². The van der Waals surface area contributed by atoms with Gasteiger partial charge in [-0.1, -0.05) is 24.6 Å². The number of sulfone groups is 1. The number of rotatable bonds is 5. The predicted molar refractivity (Wildman–Crippen MR) is 90.8 cm³/mol. The van der Waals surface area contributed by atoms with E-state index in [-0.39, 0.29) is 29.0 Å². The number of hydrogen-bond donors (Lipinski definition) is 1. The van der Waals surface area contributed by atoms with E-state index in [1.807, 2.05) is 6.92 Å². The smallest absolute Gasteiger partial charge is 0.223 e. The molecular formula is C17H26N2O3S. The Morgan fingerprint density at radius 2 is 1.96 bits per heavy atom. The van der Waals surface area contributed by atoms with Crippen molar-refractivity contribution in [2.75, 3.05) is 18.8 Å². The summed E-state index contributed by atoms with van der Waals surface area (Å²) in [7, 11) is -3.42. The summed E-state index contributed by atoms with van der Waals surface area (Å²) in [4.78, 5) is 14.5. The normalized spacial score (nSPS) is 22.1. The monoisotopic (exact) mass is 338 g/mol. The van der Waals surface area contributed by atoms with Gasteiger partial charge in [0.05, 0.1) is 10.6 Å². The van der Waals surface area contributed by atoms with Gasteiger partial charge in [0.2, 0.25) is 5.91 Å². The van der Waals surface area contributed by atoms with Crippen LogP contribution in [-0.2, 0) is 14.6 Å². The lowest BCUT2D eigenvalue weighted by Gasteiger charge is -2.38. The molecule has 0 bridgehead atoms. The van der Waals surface area contributed by atoms with Crippen LogP contribution >= 0.6 is 0 Å². The molecule has 128 valence electrons. The zero-order chi connectivity index (χ0) is 17.0. The predicted octanol–water partition coefficient (Wildman–Crippen LogP) is 1.74. The second-order valence-electron chi connectivity index (χ2n) is 6.49. The molecule has 0 aliphatic carbocycles. The molecule has 2 unspecified atom stereocenters. The summed E-state index contributed by atoms with van der Waals surface area (Å²) in [5.74, 6) is 0.296. The highest BCUT2D eigenvalue weighted by atomic mass is 32.2. The maximum Gasteiger partial charge on any atom is 0.223 e. The minimum atomic E-state index is -3.42. The third kappa shape index (κ3) is 4.54. The summed E-state index contributed by atoms with van der Waals surface area (Å²) < 4.78 is 24.7. The molecule has 0 spiro atoms. The first-order chi connectivity index (χ1) is 10.8. The molecule has 23 heavy (non-hydrogen) atoms. The molecule has 0 radical (unpaired) electrons. The standard InChI is InChI=1S/C17H26N2O3S/c1-13-3-5-16(6-4-13)23(21,22)10-8-17(20)19-9-7-14(2)11-15(19)12-18/h3-6,14-15H,7-12,18H2,1-2H3. The van der Waals surface area contributed by atoms with E-state index in [9.17, 15) is 13.2 Å². The highest BCUT2D eigenvalue weighted by Gasteiger charge is 2.29. The van der Waals surface area contributed by atoms with Crippen LogP contribution < -0.4 is 5.73 Å². The quantitative estimate of drug-likeness (QED) is 0.887. The van der Waals surface area contributed by atoms with E-state index in [2.05, 4.69) is 6.92 Å². The second-order valence-corrected chi connectivity index (χ2v) is 8.60. The van der Waals surface area contributed by atoms with E-state index in [0.717, 1.165) is 18.4 Å². The first kappa shape index (κ1) is 17.9. The molecule has 2 rings (SSSR count). The van der Waals surface area contributed by atoms with Crippen LogP contribution in [0.25, 0.3) is 0 Å². The molecular weight excluding hydrogens is 312 g/mol.